The van der Waals surface area contributed by atoms with Gasteiger partial charge in [-0.05, 0) is 37.3 Å². The molecular weight excluding hydrogens is 352 g/mol. The Morgan fingerprint density at radius 2 is 2.15 bits per heavy atom. The van der Waals surface area contributed by atoms with Gasteiger partial charge in [0.05, 0.1) is 6.21 Å². The van der Waals surface area contributed by atoms with Crippen LogP contribution < -0.4 is 4.74 Å². The normalized spacial score (nSPS) is 11.0. The van der Waals surface area contributed by atoms with Gasteiger partial charge in [0, 0.05) is 11.1 Å². The molecule has 2 N–H and O–H groups in total. The van der Waals surface area contributed by atoms with E-state index in [2.05, 4.69) is 15.3 Å². The highest BCUT2D eigenvalue weighted by Crippen LogP contribution is 2.19. The quantitative estimate of drug-likeness (QED) is 0.515. The number of hydrogen-bond donors (Lipinski definition) is 2. The molecule has 0 unspecified atom stereocenters. The molecule has 0 bridgehead atoms. The average Bonchev–Trinajstić information content (AvgIpc) is 2.99. The van der Waals surface area contributed by atoms with Crippen molar-refractivity contribution in [3.63, 3.8) is 0 Å². The highest BCUT2D eigenvalue weighted by atomic mass is 32.1. The Labute approximate surface area is 154 Å². The van der Waals surface area contributed by atoms with E-state index in [0.717, 1.165) is 11.1 Å². The van der Waals surface area contributed by atoms with Crippen LogP contribution in [0.15, 0.2) is 53.6 Å². The second kappa shape index (κ2) is 7.75. The molecule has 3 rings (SSSR count). The largest absolute Gasteiger partial charge is 0.481 e. The van der Waals surface area contributed by atoms with E-state index in [9.17, 15) is 4.79 Å². The van der Waals surface area contributed by atoms with E-state index < -0.39 is 12.6 Å². The number of carboxylic acids is 1. The molecule has 2 aromatic carbocycles. The maximum atomic E-state index is 10.7. The van der Waals surface area contributed by atoms with Crippen molar-refractivity contribution in [3.05, 3.63) is 64.4 Å². The van der Waals surface area contributed by atoms with Crippen molar-refractivity contribution in [1.29, 1.82) is 0 Å². The molecule has 0 aliphatic heterocycles. The monoisotopic (exact) mass is 368 g/mol. The molecule has 7 nitrogen and oxygen atoms in total. The molecule has 0 radical (unpaired) electrons. The Kier molecular flexibility index (Phi) is 5.23. The molecule has 0 fully saturated rings. The van der Waals surface area contributed by atoms with Gasteiger partial charge in [-0.2, -0.15) is 14.9 Å². The Morgan fingerprint density at radius 3 is 2.92 bits per heavy atom. The smallest absolute Gasteiger partial charge is 0.341 e. The number of hydrogen-bond acceptors (Lipinski definition) is 5. The van der Waals surface area contributed by atoms with E-state index in [-0.39, 0.29) is 0 Å². The van der Waals surface area contributed by atoms with E-state index >= 15 is 0 Å². The van der Waals surface area contributed by atoms with E-state index in [1.165, 1.54) is 4.68 Å². The van der Waals surface area contributed by atoms with Gasteiger partial charge in [0.1, 0.15) is 5.75 Å². The molecule has 0 aliphatic rings. The maximum Gasteiger partial charge on any atom is 0.341 e. The summed E-state index contributed by atoms with van der Waals surface area (Å²) in [6.07, 6.45) is 1.56. The Morgan fingerprint density at radius 1 is 1.35 bits per heavy atom. The average molecular weight is 368 g/mol. The number of nitrogens with one attached hydrogen (secondary N) is 1. The Balaban J connectivity index is 1.94. The minimum Gasteiger partial charge on any atom is -0.481 e. The van der Waals surface area contributed by atoms with Crippen LogP contribution in [0, 0.1) is 11.7 Å². The van der Waals surface area contributed by atoms with E-state index in [0.29, 0.717) is 21.9 Å². The fourth-order valence-electron chi connectivity index (χ4n) is 2.35. The van der Waals surface area contributed by atoms with Crippen molar-refractivity contribution in [2.75, 3.05) is 6.61 Å². The summed E-state index contributed by atoms with van der Waals surface area (Å²) in [7, 11) is 0. The summed E-state index contributed by atoms with van der Waals surface area (Å²) < 4.78 is 7.14. The number of aliphatic carboxylic acids is 1. The first-order chi connectivity index (χ1) is 12.5. The lowest BCUT2D eigenvalue weighted by molar-refractivity contribution is -0.139. The highest BCUT2D eigenvalue weighted by Gasteiger charge is 2.09. The number of aromatic nitrogens is 3. The third kappa shape index (κ3) is 4.04. The van der Waals surface area contributed by atoms with Crippen LogP contribution in [0.4, 0.5) is 0 Å². The zero-order valence-electron chi connectivity index (χ0n) is 13.9. The summed E-state index contributed by atoms with van der Waals surface area (Å²) in [6.45, 7) is 1.57. The molecule has 132 valence electrons. The van der Waals surface area contributed by atoms with Crippen molar-refractivity contribution in [2.24, 2.45) is 5.10 Å². The van der Waals surface area contributed by atoms with Crippen LogP contribution in [0.3, 0.4) is 0 Å². The van der Waals surface area contributed by atoms with Crippen LogP contribution in [0.25, 0.3) is 11.4 Å². The summed E-state index contributed by atoms with van der Waals surface area (Å²) in [4.78, 5) is 10.7. The second-order valence-corrected chi connectivity index (χ2v) is 5.89. The standard InChI is InChI=1S/C18H16N4O3S/c1-12-5-4-7-13(9-12)17-20-21-18(26)22(17)19-10-14-6-2-3-8-15(14)25-11-16(23)24/h2-10H,11H2,1H3,(H,21,26)(H,23,24)/b19-10+. The van der Waals surface area contributed by atoms with Crippen LogP contribution >= 0.6 is 12.2 Å². The third-order valence-electron chi connectivity index (χ3n) is 3.51. The lowest BCUT2D eigenvalue weighted by atomic mass is 10.1. The van der Waals surface area contributed by atoms with Gasteiger partial charge in [0.15, 0.2) is 12.4 Å². The number of rotatable bonds is 6. The number of ether oxygens (including phenoxy) is 1. The van der Waals surface area contributed by atoms with Crippen molar-refractivity contribution in [3.8, 4) is 17.1 Å². The second-order valence-electron chi connectivity index (χ2n) is 5.50. The van der Waals surface area contributed by atoms with Gasteiger partial charge in [0.2, 0.25) is 4.77 Å². The summed E-state index contributed by atoms with van der Waals surface area (Å²) in [6, 6.07) is 14.9. The number of carboxylic acid groups (broad SMARTS) is 1. The van der Waals surface area contributed by atoms with Crippen LogP contribution in [-0.2, 0) is 4.79 Å². The van der Waals surface area contributed by atoms with Gasteiger partial charge in [-0.25, -0.2) is 9.89 Å². The molecule has 0 aliphatic carbocycles. The highest BCUT2D eigenvalue weighted by molar-refractivity contribution is 7.71. The molecule has 1 heterocycles. The summed E-state index contributed by atoms with van der Waals surface area (Å²) in [5.41, 5.74) is 2.61. The molecule has 3 aromatic rings. The van der Waals surface area contributed by atoms with Crippen molar-refractivity contribution in [1.82, 2.24) is 14.9 Å². The molecule has 0 spiro atoms. The summed E-state index contributed by atoms with van der Waals surface area (Å²) >= 11 is 5.26. The molecule has 0 amide bonds. The Hall–Kier alpha value is -3.26. The number of carbonyl (C=O) groups is 1. The summed E-state index contributed by atoms with van der Waals surface area (Å²) in [5, 5.41) is 20.2. The molecule has 0 atom stereocenters. The zero-order chi connectivity index (χ0) is 18.5. The zero-order valence-corrected chi connectivity index (χ0v) is 14.7. The third-order valence-corrected chi connectivity index (χ3v) is 3.77. The molecule has 26 heavy (non-hydrogen) atoms. The number of para-hydroxylation sites is 1. The van der Waals surface area contributed by atoms with Crippen LogP contribution in [0.1, 0.15) is 11.1 Å². The number of aryl methyl sites for hydroxylation is 1. The number of aromatic amines is 1. The summed E-state index contributed by atoms with van der Waals surface area (Å²) in [5.74, 6) is -0.0415. The van der Waals surface area contributed by atoms with Crippen LogP contribution in [0.5, 0.6) is 5.75 Å². The predicted octanol–water partition coefficient (Wildman–Crippen LogP) is 3.26. The van der Waals surface area contributed by atoms with Gasteiger partial charge < -0.3 is 9.84 Å². The van der Waals surface area contributed by atoms with E-state index in [1.807, 2.05) is 37.3 Å². The molecule has 0 saturated heterocycles. The van der Waals surface area contributed by atoms with Gasteiger partial charge >= 0.3 is 5.97 Å². The molecular formula is C18H16N4O3S. The van der Waals surface area contributed by atoms with Crippen LogP contribution in [-0.4, -0.2) is 38.8 Å². The number of H-pyrrole nitrogens is 1. The van der Waals surface area contributed by atoms with Gasteiger partial charge in [-0.3, -0.25) is 0 Å². The minimum atomic E-state index is -1.05. The topological polar surface area (TPSA) is 92.5 Å². The first-order valence-corrected chi connectivity index (χ1v) is 8.18. The van der Waals surface area contributed by atoms with Gasteiger partial charge in [-0.15, -0.1) is 0 Å². The SMILES string of the molecule is Cc1cccc(-c2n[nH]c(=S)n2/N=C/c2ccccc2OCC(=O)O)c1. The number of nitrogens with zero attached hydrogens (tertiary/aromatic N) is 3. The van der Waals surface area contributed by atoms with Gasteiger partial charge in [-0.1, -0.05) is 35.9 Å². The minimum absolute atomic E-state index is 0.349. The Bertz CT molecular complexity index is 1020. The predicted molar refractivity (Wildman–Crippen MR) is 100 cm³/mol. The first-order valence-electron chi connectivity index (χ1n) is 7.77. The van der Waals surface area contributed by atoms with Crippen LogP contribution in [0.2, 0.25) is 0 Å². The fourth-order valence-corrected chi connectivity index (χ4v) is 2.53. The van der Waals surface area contributed by atoms with E-state index in [1.54, 1.807) is 24.4 Å². The van der Waals surface area contributed by atoms with Gasteiger partial charge in [0.25, 0.3) is 0 Å². The lowest BCUT2D eigenvalue weighted by Gasteiger charge is -2.06. The molecule has 8 heteroatoms. The first kappa shape index (κ1) is 17.6. The number of benzene rings is 2. The fraction of sp³-hybridized carbons (Fsp3) is 0.111. The van der Waals surface area contributed by atoms with Crippen molar-refractivity contribution >= 4 is 24.4 Å². The molecule has 0 saturated carbocycles. The maximum absolute atomic E-state index is 10.7. The van der Waals surface area contributed by atoms with Crippen molar-refractivity contribution < 1.29 is 14.6 Å². The molecule has 1 aromatic heterocycles. The lowest BCUT2D eigenvalue weighted by Crippen LogP contribution is -2.10. The van der Waals surface area contributed by atoms with E-state index in [4.69, 9.17) is 22.1 Å². The van der Waals surface area contributed by atoms with Crippen molar-refractivity contribution in [2.45, 2.75) is 6.92 Å².